The Morgan fingerprint density at radius 3 is 2.65 bits per heavy atom. The van der Waals surface area contributed by atoms with E-state index >= 15 is 0 Å². The summed E-state index contributed by atoms with van der Waals surface area (Å²) in [5.74, 6) is 1.51. The quantitative estimate of drug-likeness (QED) is 0.657. The first-order valence-electron chi connectivity index (χ1n) is 11.6. The van der Waals surface area contributed by atoms with Gasteiger partial charge in [-0.15, -0.1) is 0 Å². The van der Waals surface area contributed by atoms with Crippen LogP contribution < -0.4 is 10.1 Å². The molecular weight excluding hydrogens is 396 g/mol. The molecule has 31 heavy (non-hydrogen) atoms. The number of hydrogen-bond donors (Lipinski definition) is 2. The molecule has 2 fully saturated rings. The molecule has 0 spiro atoms. The molecule has 2 aromatic heterocycles. The van der Waals surface area contributed by atoms with Crippen molar-refractivity contribution in [2.75, 3.05) is 31.7 Å². The van der Waals surface area contributed by atoms with Gasteiger partial charge in [-0.05, 0) is 45.4 Å². The minimum absolute atomic E-state index is 0.101. The molecule has 4 rings (SSSR count). The predicted octanol–water partition coefficient (Wildman–Crippen LogP) is 3.44. The first-order chi connectivity index (χ1) is 15.1. The zero-order valence-electron chi connectivity index (χ0n) is 18.5. The van der Waals surface area contributed by atoms with E-state index in [9.17, 15) is 5.11 Å². The van der Waals surface area contributed by atoms with Crippen LogP contribution in [0.1, 0.15) is 63.9 Å². The smallest absolute Gasteiger partial charge is 0.224 e. The monoisotopic (exact) mass is 430 g/mol. The van der Waals surface area contributed by atoms with Gasteiger partial charge in [-0.25, -0.2) is 15.0 Å². The summed E-state index contributed by atoms with van der Waals surface area (Å²) in [6.45, 7) is 6.75. The number of pyridine rings is 1. The highest BCUT2D eigenvalue weighted by Crippen LogP contribution is 2.38. The number of ether oxygens (including phenoxy) is 3. The molecule has 2 N–H and O–H groups in total. The van der Waals surface area contributed by atoms with E-state index in [2.05, 4.69) is 22.2 Å². The molecule has 8 heteroatoms. The average molecular weight is 431 g/mol. The number of rotatable bonds is 8. The molecule has 1 saturated carbocycles. The Bertz CT molecular complexity index is 851. The highest BCUT2D eigenvalue weighted by atomic mass is 16.5. The molecular formula is C23H34N4O4. The number of aliphatic hydroxyl groups is 1. The molecule has 0 aromatic carbocycles. The van der Waals surface area contributed by atoms with E-state index in [1.54, 1.807) is 0 Å². The van der Waals surface area contributed by atoms with Crippen LogP contribution in [0.25, 0.3) is 10.9 Å². The lowest BCUT2D eigenvalue weighted by Crippen LogP contribution is -2.26. The van der Waals surface area contributed by atoms with Gasteiger partial charge in [0.15, 0.2) is 0 Å². The Kier molecular flexibility index (Phi) is 7.53. The van der Waals surface area contributed by atoms with Gasteiger partial charge < -0.3 is 24.6 Å². The molecule has 1 saturated heterocycles. The van der Waals surface area contributed by atoms with Crippen molar-refractivity contribution in [3.8, 4) is 5.88 Å². The van der Waals surface area contributed by atoms with E-state index in [1.807, 2.05) is 19.3 Å². The molecule has 0 radical (unpaired) electrons. The summed E-state index contributed by atoms with van der Waals surface area (Å²) < 4.78 is 17.2. The average Bonchev–Trinajstić information content (AvgIpc) is 2.79. The first kappa shape index (κ1) is 22.2. The molecule has 3 heterocycles. The van der Waals surface area contributed by atoms with Crippen LogP contribution in [0.4, 0.5) is 5.95 Å². The second-order valence-electron chi connectivity index (χ2n) is 8.61. The van der Waals surface area contributed by atoms with Gasteiger partial charge in [0, 0.05) is 43.4 Å². The van der Waals surface area contributed by atoms with E-state index in [0.717, 1.165) is 55.0 Å². The second-order valence-corrected chi connectivity index (χ2v) is 8.61. The maximum absolute atomic E-state index is 9.93. The van der Waals surface area contributed by atoms with Crippen molar-refractivity contribution >= 4 is 16.9 Å². The molecule has 0 bridgehead atoms. The van der Waals surface area contributed by atoms with Crippen molar-refractivity contribution in [3.05, 3.63) is 18.0 Å². The molecule has 2 aliphatic rings. The van der Waals surface area contributed by atoms with Gasteiger partial charge in [0.05, 0.1) is 36.8 Å². The van der Waals surface area contributed by atoms with E-state index < -0.39 is 0 Å². The minimum atomic E-state index is -0.196. The molecule has 1 atom stereocenters. The molecule has 1 aliphatic carbocycles. The first-order valence-corrected chi connectivity index (χ1v) is 11.6. The number of nitrogens with zero attached hydrogens (tertiary/aromatic N) is 3. The third-order valence-electron chi connectivity index (χ3n) is 6.14. The van der Waals surface area contributed by atoms with Gasteiger partial charge in [0.2, 0.25) is 11.8 Å². The van der Waals surface area contributed by atoms with Crippen LogP contribution in [0.5, 0.6) is 5.88 Å². The van der Waals surface area contributed by atoms with Gasteiger partial charge in [0.25, 0.3) is 0 Å². The maximum atomic E-state index is 9.93. The van der Waals surface area contributed by atoms with Gasteiger partial charge in [-0.2, -0.15) is 0 Å². The Morgan fingerprint density at radius 1 is 1.13 bits per heavy atom. The molecule has 170 valence electrons. The number of fused-ring (bicyclic) bond motifs is 1. The normalized spacial score (nSPS) is 23.6. The zero-order valence-corrected chi connectivity index (χ0v) is 18.5. The highest BCUT2D eigenvalue weighted by molar-refractivity contribution is 5.86. The van der Waals surface area contributed by atoms with E-state index in [-0.39, 0.29) is 18.2 Å². The Morgan fingerprint density at radius 2 is 1.90 bits per heavy atom. The minimum Gasteiger partial charge on any atom is -0.474 e. The number of nitrogens with one attached hydrogen (secondary N) is 1. The van der Waals surface area contributed by atoms with Crippen LogP contribution in [-0.2, 0) is 9.47 Å². The van der Waals surface area contributed by atoms with E-state index in [1.165, 1.54) is 0 Å². The summed E-state index contributed by atoms with van der Waals surface area (Å²) in [4.78, 5) is 14.1. The van der Waals surface area contributed by atoms with Crippen molar-refractivity contribution in [3.63, 3.8) is 0 Å². The largest absolute Gasteiger partial charge is 0.474 e. The summed E-state index contributed by atoms with van der Waals surface area (Å²) in [6.07, 6.45) is 8.86. The summed E-state index contributed by atoms with van der Waals surface area (Å²) in [5.41, 5.74) is 2.00. The predicted molar refractivity (Wildman–Crippen MR) is 119 cm³/mol. The van der Waals surface area contributed by atoms with Crippen molar-refractivity contribution in [1.82, 2.24) is 15.0 Å². The maximum Gasteiger partial charge on any atom is 0.224 e. The Labute approximate surface area is 183 Å². The lowest BCUT2D eigenvalue weighted by Gasteiger charge is -2.27. The Hall–Kier alpha value is -2.03. The number of aromatic nitrogens is 3. The Balaban J connectivity index is 1.64. The van der Waals surface area contributed by atoms with Crippen molar-refractivity contribution in [2.24, 2.45) is 0 Å². The summed E-state index contributed by atoms with van der Waals surface area (Å²) in [7, 11) is 0. The van der Waals surface area contributed by atoms with E-state index in [4.69, 9.17) is 19.2 Å². The van der Waals surface area contributed by atoms with Crippen LogP contribution in [-0.4, -0.2) is 64.7 Å². The fraction of sp³-hybridized carbons (Fsp3) is 0.696. The molecule has 8 nitrogen and oxygen atoms in total. The van der Waals surface area contributed by atoms with Crippen molar-refractivity contribution in [2.45, 2.75) is 76.5 Å². The van der Waals surface area contributed by atoms with Gasteiger partial charge in [-0.3, -0.25) is 0 Å². The van der Waals surface area contributed by atoms with Crippen LogP contribution in [0.15, 0.2) is 12.4 Å². The summed E-state index contributed by atoms with van der Waals surface area (Å²) in [5, 5.41) is 14.1. The third-order valence-corrected chi connectivity index (χ3v) is 6.14. The van der Waals surface area contributed by atoms with Crippen LogP contribution in [0.3, 0.4) is 0 Å². The highest BCUT2D eigenvalue weighted by Gasteiger charge is 2.26. The van der Waals surface area contributed by atoms with Crippen molar-refractivity contribution in [1.29, 1.82) is 0 Å². The summed E-state index contributed by atoms with van der Waals surface area (Å²) >= 11 is 0. The van der Waals surface area contributed by atoms with Crippen molar-refractivity contribution < 1.29 is 19.3 Å². The summed E-state index contributed by atoms with van der Waals surface area (Å²) in [6, 6.07) is 0.102. The fourth-order valence-corrected chi connectivity index (χ4v) is 4.37. The van der Waals surface area contributed by atoms with Crippen LogP contribution >= 0.6 is 0 Å². The number of hydrogen-bond acceptors (Lipinski definition) is 8. The standard InChI is InChI=1S/C23H34N4O4/c1-3-29-14-15(2)26-23-25-13-20-21(27-23)19(16-4-6-17(28)7-5-16)12-24-22(20)31-18-8-10-30-11-9-18/h12-13,15-18,28H,3-11,14H2,1-2H3,(H,25,26,27)/t15-,16-,17-/m0/s1. The lowest BCUT2D eigenvalue weighted by atomic mass is 9.83. The second kappa shape index (κ2) is 10.5. The number of aliphatic hydroxyl groups excluding tert-OH is 1. The molecule has 2 aromatic rings. The molecule has 0 unspecified atom stereocenters. The SMILES string of the molecule is CCOC[C@H](C)Nc1ncc2c(OC3CCOCC3)ncc([C@H]3CC[C@H](O)CC3)c2n1. The van der Waals surface area contributed by atoms with Crippen LogP contribution in [0.2, 0.25) is 0 Å². The topological polar surface area (TPSA) is 98.6 Å². The molecule has 1 aliphatic heterocycles. The van der Waals surface area contributed by atoms with Gasteiger partial charge in [0.1, 0.15) is 6.10 Å². The van der Waals surface area contributed by atoms with Gasteiger partial charge >= 0.3 is 0 Å². The zero-order chi connectivity index (χ0) is 21.6. The number of anilines is 1. The third kappa shape index (κ3) is 5.61. The van der Waals surface area contributed by atoms with E-state index in [0.29, 0.717) is 44.2 Å². The lowest BCUT2D eigenvalue weighted by molar-refractivity contribution is 0.0244. The fourth-order valence-electron chi connectivity index (χ4n) is 4.37. The van der Waals surface area contributed by atoms with Crippen LogP contribution in [0, 0.1) is 0 Å². The molecule has 0 amide bonds. The van der Waals surface area contributed by atoms with Gasteiger partial charge in [-0.1, -0.05) is 0 Å².